The molecule has 0 N–H and O–H groups in total. The van der Waals surface area contributed by atoms with Gasteiger partial charge in [-0.25, -0.2) is 4.98 Å². The van der Waals surface area contributed by atoms with Gasteiger partial charge in [0, 0.05) is 56.6 Å². The number of nitrogens with zero attached hydrogens (tertiary/aromatic N) is 9. The third kappa shape index (κ3) is 4.90. The summed E-state index contributed by atoms with van der Waals surface area (Å²) in [6.07, 6.45) is 3.03. The highest BCUT2D eigenvalue weighted by Gasteiger charge is 2.31. The van der Waals surface area contributed by atoms with Gasteiger partial charge in [-0.2, -0.15) is 4.80 Å². The van der Waals surface area contributed by atoms with Crippen molar-refractivity contribution < 1.29 is 14.0 Å². The highest BCUT2D eigenvalue weighted by molar-refractivity contribution is 5.97. The van der Waals surface area contributed by atoms with Crippen LogP contribution in [0.4, 0.5) is 5.69 Å². The number of aryl methyl sites for hydroxylation is 1. The Balaban J connectivity index is 1.07. The summed E-state index contributed by atoms with van der Waals surface area (Å²) in [5.41, 5.74) is 4.18. The number of hydrogen-bond acceptors (Lipinski definition) is 9. The smallest absolute Gasteiger partial charge is 0.272 e. The van der Waals surface area contributed by atoms with E-state index in [0.29, 0.717) is 73.2 Å². The summed E-state index contributed by atoms with van der Waals surface area (Å²) in [6, 6.07) is 19.0. The number of benzene rings is 2. The lowest BCUT2D eigenvalue weighted by atomic mass is 10.0. The van der Waals surface area contributed by atoms with Crippen molar-refractivity contribution in [2.24, 2.45) is 7.05 Å². The Morgan fingerprint density at radius 2 is 1.81 bits per heavy atom. The molecule has 0 saturated carbocycles. The fourth-order valence-electron chi connectivity index (χ4n) is 5.72. The Hall–Kier alpha value is -4.97. The van der Waals surface area contributed by atoms with Crippen LogP contribution in [0.3, 0.4) is 0 Å². The number of carbonyl (C=O) groups is 2. The first-order valence-corrected chi connectivity index (χ1v) is 14.0. The van der Waals surface area contributed by atoms with Crippen LogP contribution in [0.25, 0.3) is 22.6 Å². The largest absolute Gasteiger partial charge is 0.436 e. The van der Waals surface area contributed by atoms with Gasteiger partial charge in [0.05, 0.1) is 13.1 Å². The molecule has 2 amide bonds. The molecule has 2 saturated heterocycles. The van der Waals surface area contributed by atoms with Crippen molar-refractivity contribution in [1.82, 2.24) is 40.0 Å². The number of fused-ring (bicyclic) bond motifs is 1. The van der Waals surface area contributed by atoms with Gasteiger partial charge in [-0.15, -0.1) is 10.2 Å². The summed E-state index contributed by atoms with van der Waals surface area (Å²) >= 11 is 0. The fourth-order valence-corrected chi connectivity index (χ4v) is 5.72. The number of oxazole rings is 1. The third-order valence-corrected chi connectivity index (χ3v) is 7.83. The topological polar surface area (TPSA) is 126 Å². The third-order valence-electron chi connectivity index (χ3n) is 7.83. The van der Waals surface area contributed by atoms with E-state index in [9.17, 15) is 9.59 Å². The molecule has 42 heavy (non-hydrogen) atoms. The van der Waals surface area contributed by atoms with Gasteiger partial charge in [-0.1, -0.05) is 30.3 Å². The lowest BCUT2D eigenvalue weighted by Crippen LogP contribution is -2.50. The Morgan fingerprint density at radius 3 is 2.55 bits per heavy atom. The van der Waals surface area contributed by atoms with Crippen LogP contribution < -0.4 is 4.90 Å². The molecule has 0 radical (unpaired) electrons. The Labute approximate surface area is 241 Å². The van der Waals surface area contributed by atoms with Crippen LogP contribution in [0.5, 0.6) is 0 Å². The summed E-state index contributed by atoms with van der Waals surface area (Å²) in [5.74, 6) is 1.02. The van der Waals surface area contributed by atoms with E-state index in [2.05, 4.69) is 42.4 Å². The average Bonchev–Trinajstić information content (AvgIpc) is 3.77. The van der Waals surface area contributed by atoms with Crippen molar-refractivity contribution in [3.63, 3.8) is 0 Å². The average molecular weight is 564 g/mol. The molecule has 0 bridgehead atoms. The van der Waals surface area contributed by atoms with Crippen LogP contribution in [0, 0.1) is 0 Å². The van der Waals surface area contributed by atoms with Gasteiger partial charge < -0.3 is 14.2 Å². The normalized spacial score (nSPS) is 16.8. The monoisotopic (exact) mass is 563 g/mol. The second kappa shape index (κ2) is 10.8. The molecule has 0 unspecified atom stereocenters. The van der Waals surface area contributed by atoms with Crippen molar-refractivity contribution in [3.8, 4) is 11.5 Å². The summed E-state index contributed by atoms with van der Waals surface area (Å²) in [6.45, 7) is 3.08. The maximum absolute atomic E-state index is 13.5. The van der Waals surface area contributed by atoms with Gasteiger partial charge >= 0.3 is 0 Å². The first-order chi connectivity index (χ1) is 20.5. The van der Waals surface area contributed by atoms with Crippen molar-refractivity contribution in [2.75, 3.05) is 37.6 Å². The van der Waals surface area contributed by atoms with Gasteiger partial charge in [-0.05, 0) is 47.5 Å². The minimum Gasteiger partial charge on any atom is -0.436 e. The lowest BCUT2D eigenvalue weighted by molar-refractivity contribution is -0.117. The number of rotatable bonds is 6. The molecule has 7 rings (SSSR count). The molecular weight excluding hydrogens is 534 g/mol. The number of amides is 2. The van der Waals surface area contributed by atoms with Gasteiger partial charge in [0.2, 0.25) is 11.8 Å². The molecule has 2 fully saturated rings. The van der Waals surface area contributed by atoms with Gasteiger partial charge in [0.15, 0.2) is 11.4 Å². The number of tetrazole rings is 1. The van der Waals surface area contributed by atoms with Crippen LogP contribution in [-0.4, -0.2) is 84.5 Å². The Bertz CT molecular complexity index is 1760. The standard InChI is InChI=1S/C30H29N9O3/c1-36-34-28(33-35-36)27(20-6-3-2-4-7-20)37-14-16-38(17-15-37)30(41)24-18-21(11-12-31-24)29-32-23-19-22(9-10-25(23)42-29)39-13-5-8-26(39)40/h2-4,6-7,9-12,18-19,27H,5,8,13-17H2,1H3/t27-/m1/s1. The van der Waals surface area contributed by atoms with E-state index in [-0.39, 0.29) is 17.9 Å². The highest BCUT2D eigenvalue weighted by atomic mass is 16.3. The molecule has 2 aliphatic heterocycles. The molecule has 0 aliphatic carbocycles. The van der Waals surface area contributed by atoms with E-state index in [1.807, 2.05) is 41.3 Å². The minimum absolute atomic E-state index is 0.122. The Morgan fingerprint density at radius 1 is 0.976 bits per heavy atom. The first-order valence-electron chi connectivity index (χ1n) is 14.0. The second-order valence-electron chi connectivity index (χ2n) is 10.5. The van der Waals surface area contributed by atoms with E-state index >= 15 is 0 Å². The van der Waals surface area contributed by atoms with E-state index in [4.69, 9.17) is 4.42 Å². The maximum atomic E-state index is 13.5. The van der Waals surface area contributed by atoms with Crippen LogP contribution in [0.15, 0.2) is 71.3 Å². The first kappa shape index (κ1) is 26.0. The molecule has 1 atom stereocenters. The van der Waals surface area contributed by atoms with E-state index in [1.54, 1.807) is 30.3 Å². The molecule has 2 aliphatic rings. The van der Waals surface area contributed by atoms with E-state index in [0.717, 1.165) is 17.7 Å². The van der Waals surface area contributed by atoms with E-state index < -0.39 is 0 Å². The van der Waals surface area contributed by atoms with Crippen LogP contribution >= 0.6 is 0 Å². The van der Waals surface area contributed by atoms with Crippen LogP contribution in [-0.2, 0) is 11.8 Å². The lowest BCUT2D eigenvalue weighted by Gasteiger charge is -2.38. The number of carbonyl (C=O) groups excluding carboxylic acids is 2. The predicted octanol–water partition coefficient (Wildman–Crippen LogP) is 3.09. The molecule has 12 heteroatoms. The highest BCUT2D eigenvalue weighted by Crippen LogP contribution is 2.30. The number of hydrogen-bond donors (Lipinski definition) is 0. The van der Waals surface area contributed by atoms with Crippen molar-refractivity contribution in [2.45, 2.75) is 18.9 Å². The van der Waals surface area contributed by atoms with E-state index in [1.165, 1.54) is 4.80 Å². The molecular formula is C30H29N9O3. The summed E-state index contributed by atoms with van der Waals surface area (Å²) < 4.78 is 6.01. The number of pyridine rings is 1. The SMILES string of the molecule is Cn1nnc([C@@H](c2ccccc2)N2CCN(C(=O)c3cc(-c4nc5cc(N6CCCC6=O)ccc5o4)ccn3)CC2)n1. The van der Waals surface area contributed by atoms with Crippen molar-refractivity contribution in [3.05, 3.63) is 83.9 Å². The van der Waals surface area contributed by atoms with Crippen molar-refractivity contribution in [1.29, 1.82) is 0 Å². The van der Waals surface area contributed by atoms with Crippen LogP contribution in [0.1, 0.15) is 40.8 Å². The molecule has 3 aromatic heterocycles. The summed E-state index contributed by atoms with van der Waals surface area (Å²) in [5, 5.41) is 12.8. The van der Waals surface area contributed by atoms with Crippen molar-refractivity contribution >= 4 is 28.6 Å². The van der Waals surface area contributed by atoms with Gasteiger partial charge in [0.25, 0.3) is 5.91 Å². The molecule has 212 valence electrons. The molecule has 12 nitrogen and oxygen atoms in total. The van der Waals surface area contributed by atoms with Crippen LogP contribution in [0.2, 0.25) is 0 Å². The number of anilines is 1. The van der Waals surface area contributed by atoms with Gasteiger partial charge in [-0.3, -0.25) is 19.5 Å². The Kier molecular flexibility index (Phi) is 6.67. The minimum atomic E-state index is -0.151. The second-order valence-corrected chi connectivity index (χ2v) is 10.5. The maximum Gasteiger partial charge on any atom is 0.272 e. The zero-order valence-electron chi connectivity index (χ0n) is 23.1. The molecule has 0 spiro atoms. The summed E-state index contributed by atoms with van der Waals surface area (Å²) in [7, 11) is 1.76. The fraction of sp³-hybridized carbons (Fsp3) is 0.300. The van der Waals surface area contributed by atoms with Gasteiger partial charge in [0.1, 0.15) is 11.2 Å². The molecule has 5 aromatic rings. The quantitative estimate of drug-likeness (QED) is 0.306. The predicted molar refractivity (Wildman–Crippen MR) is 153 cm³/mol. The summed E-state index contributed by atoms with van der Waals surface area (Å²) in [4.78, 5) is 42.1. The molecule has 5 heterocycles. The molecule has 2 aromatic carbocycles. The zero-order valence-corrected chi connectivity index (χ0v) is 23.1. The number of aromatic nitrogens is 6. The zero-order chi connectivity index (χ0) is 28.6. The number of piperazine rings is 1.